The summed E-state index contributed by atoms with van der Waals surface area (Å²) in [5, 5.41) is 1.74. The zero-order chi connectivity index (χ0) is 16.6. The summed E-state index contributed by atoms with van der Waals surface area (Å²) in [6, 6.07) is 11.5. The Morgan fingerprint density at radius 2 is 2.00 bits per heavy atom. The summed E-state index contributed by atoms with van der Waals surface area (Å²) in [5.41, 5.74) is 1.52. The number of aromatic nitrogens is 1. The number of hydrogen-bond acceptors (Lipinski definition) is 1. The number of aromatic amines is 1. The second-order valence-electron chi connectivity index (χ2n) is 5.28. The Labute approximate surface area is 142 Å². The van der Waals surface area contributed by atoms with Gasteiger partial charge in [0.15, 0.2) is 0 Å². The van der Waals surface area contributed by atoms with Crippen LogP contribution in [0.2, 0.25) is 10.0 Å². The summed E-state index contributed by atoms with van der Waals surface area (Å²) in [5.74, 6) is -0.683. The number of carbonyl (C=O) groups is 1. The molecular weight excluding hydrogens is 338 g/mol. The number of halogens is 3. The molecule has 1 N–H and O–H groups in total. The first-order valence-electron chi connectivity index (χ1n) is 6.92. The molecule has 1 amide bonds. The predicted molar refractivity (Wildman–Crippen MR) is 90.5 cm³/mol. The molecule has 0 aliphatic heterocycles. The fourth-order valence-electron chi connectivity index (χ4n) is 2.42. The summed E-state index contributed by atoms with van der Waals surface area (Å²) in [7, 11) is 1.60. The molecule has 0 saturated carbocycles. The molecule has 6 heteroatoms. The zero-order valence-corrected chi connectivity index (χ0v) is 13.7. The Hall–Kier alpha value is -2.04. The maximum absolute atomic E-state index is 13.8. The number of carbonyl (C=O) groups excluding carboxylic acids is 1. The summed E-state index contributed by atoms with van der Waals surface area (Å²) in [6.45, 7) is 0.0838. The quantitative estimate of drug-likeness (QED) is 0.717. The van der Waals surface area contributed by atoms with Crippen molar-refractivity contribution >= 4 is 40.0 Å². The third kappa shape index (κ3) is 3.19. The van der Waals surface area contributed by atoms with Crippen LogP contribution in [0.4, 0.5) is 4.39 Å². The summed E-state index contributed by atoms with van der Waals surface area (Å²) >= 11 is 12.0. The van der Waals surface area contributed by atoms with Crippen molar-refractivity contribution in [1.29, 1.82) is 0 Å². The molecule has 3 nitrogen and oxygen atoms in total. The fraction of sp³-hybridized carbons (Fsp3) is 0.118. The lowest BCUT2D eigenvalue weighted by Gasteiger charge is -2.17. The predicted octanol–water partition coefficient (Wildman–Crippen LogP) is 4.89. The molecule has 118 valence electrons. The summed E-state index contributed by atoms with van der Waals surface area (Å²) in [6.07, 6.45) is 0. The standard InChI is InChI=1S/C17H13Cl2FN2O/c1-22(9-12-13(19)3-2-4-14(12)20)17(23)16-8-10-7-11(18)5-6-15(10)21-16/h2-8,21H,9H2,1H3. The highest BCUT2D eigenvalue weighted by Crippen LogP contribution is 2.23. The highest BCUT2D eigenvalue weighted by molar-refractivity contribution is 6.31. The molecule has 3 rings (SSSR count). The van der Waals surface area contributed by atoms with E-state index in [4.69, 9.17) is 23.2 Å². The van der Waals surface area contributed by atoms with Crippen molar-refractivity contribution < 1.29 is 9.18 Å². The molecule has 0 radical (unpaired) electrons. The molecule has 2 aromatic carbocycles. The first-order chi connectivity index (χ1) is 11.0. The topological polar surface area (TPSA) is 36.1 Å². The molecule has 0 atom stereocenters. The van der Waals surface area contributed by atoms with Crippen molar-refractivity contribution in [2.75, 3.05) is 7.05 Å². The fourth-order valence-corrected chi connectivity index (χ4v) is 2.82. The molecule has 0 aliphatic rings. The van der Waals surface area contributed by atoms with Crippen molar-refractivity contribution in [3.8, 4) is 0 Å². The van der Waals surface area contributed by atoms with Crippen molar-refractivity contribution in [2.24, 2.45) is 0 Å². The van der Waals surface area contributed by atoms with Gasteiger partial charge in [-0.25, -0.2) is 4.39 Å². The Morgan fingerprint density at radius 3 is 2.74 bits per heavy atom. The third-order valence-electron chi connectivity index (χ3n) is 3.62. The lowest BCUT2D eigenvalue weighted by Crippen LogP contribution is -2.27. The molecule has 0 fully saturated rings. The minimum atomic E-state index is -0.430. The Bertz CT molecular complexity index is 871. The van der Waals surface area contributed by atoms with Gasteiger partial charge in [0.1, 0.15) is 11.5 Å². The maximum Gasteiger partial charge on any atom is 0.270 e. The van der Waals surface area contributed by atoms with Gasteiger partial charge in [-0.2, -0.15) is 0 Å². The maximum atomic E-state index is 13.8. The number of nitrogens with one attached hydrogen (secondary N) is 1. The van der Waals surface area contributed by atoms with Crippen LogP contribution in [0, 0.1) is 5.82 Å². The van der Waals surface area contributed by atoms with E-state index in [9.17, 15) is 9.18 Å². The van der Waals surface area contributed by atoms with E-state index in [0.717, 1.165) is 10.9 Å². The number of nitrogens with zero attached hydrogens (tertiary/aromatic N) is 1. The van der Waals surface area contributed by atoms with Crippen molar-refractivity contribution in [3.63, 3.8) is 0 Å². The Kier molecular flexibility index (Phi) is 4.28. The smallest absolute Gasteiger partial charge is 0.270 e. The van der Waals surface area contributed by atoms with Gasteiger partial charge in [-0.3, -0.25) is 4.79 Å². The van der Waals surface area contributed by atoms with Gasteiger partial charge in [0.05, 0.1) is 6.54 Å². The number of benzene rings is 2. The molecule has 0 unspecified atom stereocenters. The van der Waals surface area contributed by atoms with Crippen molar-refractivity contribution in [2.45, 2.75) is 6.54 Å². The largest absolute Gasteiger partial charge is 0.351 e. The molecule has 3 aromatic rings. The van der Waals surface area contributed by atoms with Crippen LogP contribution in [-0.4, -0.2) is 22.8 Å². The monoisotopic (exact) mass is 350 g/mol. The number of amides is 1. The van der Waals surface area contributed by atoms with Crippen LogP contribution in [0.1, 0.15) is 16.1 Å². The second kappa shape index (κ2) is 6.22. The molecular formula is C17H13Cl2FN2O. The Balaban J connectivity index is 1.86. The minimum Gasteiger partial charge on any atom is -0.351 e. The molecule has 0 spiro atoms. The van der Waals surface area contributed by atoms with Crippen molar-refractivity contribution in [3.05, 3.63) is 69.6 Å². The van der Waals surface area contributed by atoms with E-state index in [1.54, 1.807) is 31.3 Å². The molecule has 23 heavy (non-hydrogen) atoms. The molecule has 0 bridgehead atoms. The van der Waals surface area contributed by atoms with Crippen LogP contribution in [0.5, 0.6) is 0 Å². The van der Waals surface area contributed by atoms with Gasteiger partial charge in [-0.05, 0) is 36.4 Å². The normalized spacial score (nSPS) is 11.0. The van der Waals surface area contributed by atoms with Gasteiger partial charge in [-0.1, -0.05) is 29.3 Å². The number of fused-ring (bicyclic) bond motifs is 1. The van der Waals surface area contributed by atoms with Crippen molar-refractivity contribution in [1.82, 2.24) is 9.88 Å². The van der Waals surface area contributed by atoms with E-state index in [0.29, 0.717) is 21.3 Å². The second-order valence-corrected chi connectivity index (χ2v) is 6.12. The van der Waals surface area contributed by atoms with E-state index >= 15 is 0 Å². The van der Waals surface area contributed by atoms with Gasteiger partial charge >= 0.3 is 0 Å². The van der Waals surface area contributed by atoms with E-state index in [2.05, 4.69) is 4.98 Å². The van der Waals surface area contributed by atoms with Crippen LogP contribution in [0.15, 0.2) is 42.5 Å². The minimum absolute atomic E-state index is 0.0838. The average molecular weight is 351 g/mol. The van der Waals surface area contributed by atoms with Crippen LogP contribution in [0.25, 0.3) is 10.9 Å². The highest BCUT2D eigenvalue weighted by Gasteiger charge is 2.17. The summed E-state index contributed by atoms with van der Waals surface area (Å²) < 4.78 is 13.8. The van der Waals surface area contributed by atoms with Gasteiger partial charge in [0.2, 0.25) is 0 Å². The average Bonchev–Trinajstić information content (AvgIpc) is 2.93. The Morgan fingerprint density at radius 1 is 1.22 bits per heavy atom. The highest BCUT2D eigenvalue weighted by atomic mass is 35.5. The van der Waals surface area contributed by atoms with Crippen LogP contribution in [0.3, 0.4) is 0 Å². The van der Waals surface area contributed by atoms with Crippen LogP contribution < -0.4 is 0 Å². The van der Waals surface area contributed by atoms with E-state index in [1.165, 1.54) is 17.0 Å². The SMILES string of the molecule is CN(Cc1c(F)cccc1Cl)C(=O)c1cc2cc(Cl)ccc2[nH]1. The summed E-state index contributed by atoms with van der Waals surface area (Å²) in [4.78, 5) is 17.0. The lowest BCUT2D eigenvalue weighted by molar-refractivity contribution is 0.0779. The zero-order valence-electron chi connectivity index (χ0n) is 12.2. The van der Waals surface area contributed by atoms with Gasteiger partial charge in [0, 0.05) is 33.6 Å². The van der Waals surface area contributed by atoms with Crippen LogP contribution in [-0.2, 0) is 6.54 Å². The lowest BCUT2D eigenvalue weighted by atomic mass is 10.2. The van der Waals surface area contributed by atoms with E-state index in [1.807, 2.05) is 6.07 Å². The van der Waals surface area contributed by atoms with E-state index < -0.39 is 5.82 Å². The number of hydrogen-bond donors (Lipinski definition) is 1. The van der Waals surface area contributed by atoms with E-state index in [-0.39, 0.29) is 12.5 Å². The molecule has 1 heterocycles. The van der Waals surface area contributed by atoms with Gasteiger partial charge in [0.25, 0.3) is 5.91 Å². The third-order valence-corrected chi connectivity index (χ3v) is 4.21. The molecule has 0 saturated heterocycles. The van der Waals surface area contributed by atoms with Crippen LogP contribution >= 0.6 is 23.2 Å². The molecule has 0 aliphatic carbocycles. The first-order valence-corrected chi connectivity index (χ1v) is 7.68. The number of rotatable bonds is 3. The van der Waals surface area contributed by atoms with Gasteiger partial charge < -0.3 is 9.88 Å². The first kappa shape index (κ1) is 15.8. The van der Waals surface area contributed by atoms with Gasteiger partial charge in [-0.15, -0.1) is 0 Å². The molecule has 1 aromatic heterocycles. The number of H-pyrrole nitrogens is 1.